The Hall–Kier alpha value is -2.82. The highest BCUT2D eigenvalue weighted by Gasteiger charge is 2.23. The molecule has 4 rings (SSSR count). The summed E-state index contributed by atoms with van der Waals surface area (Å²) in [5.41, 5.74) is 5.64. The Labute approximate surface area is 153 Å². The van der Waals surface area contributed by atoms with Crippen LogP contribution in [0.1, 0.15) is 46.9 Å². The highest BCUT2D eigenvalue weighted by molar-refractivity contribution is 5.95. The van der Waals surface area contributed by atoms with Gasteiger partial charge < -0.3 is 15.6 Å². The summed E-state index contributed by atoms with van der Waals surface area (Å²) >= 11 is 0. The fourth-order valence-corrected chi connectivity index (χ4v) is 3.25. The van der Waals surface area contributed by atoms with Gasteiger partial charge >= 0.3 is 0 Å². The summed E-state index contributed by atoms with van der Waals surface area (Å²) in [7, 11) is 0. The average Bonchev–Trinajstić information content (AvgIpc) is 3.42. The van der Waals surface area contributed by atoms with Crippen LogP contribution in [0.25, 0.3) is 10.9 Å². The molecule has 1 fully saturated rings. The van der Waals surface area contributed by atoms with Gasteiger partial charge in [0.25, 0.3) is 5.91 Å². The maximum Gasteiger partial charge on any atom is 0.251 e. The van der Waals surface area contributed by atoms with E-state index in [9.17, 15) is 4.79 Å². The maximum atomic E-state index is 12.2. The van der Waals surface area contributed by atoms with Crippen molar-refractivity contribution < 1.29 is 4.79 Å². The first-order valence-electron chi connectivity index (χ1n) is 9.25. The molecule has 3 N–H and O–H groups in total. The second-order valence-electron chi connectivity index (χ2n) is 6.99. The van der Waals surface area contributed by atoms with Crippen molar-refractivity contribution in [2.45, 2.75) is 45.7 Å². The second kappa shape index (κ2) is 6.83. The third-order valence-corrected chi connectivity index (χ3v) is 4.99. The third-order valence-electron chi connectivity index (χ3n) is 4.99. The van der Waals surface area contributed by atoms with Crippen molar-refractivity contribution in [3.8, 4) is 0 Å². The molecular formula is C21H24N4O. The van der Waals surface area contributed by atoms with Gasteiger partial charge in [0, 0.05) is 40.9 Å². The quantitative estimate of drug-likeness (QED) is 0.632. The highest BCUT2D eigenvalue weighted by atomic mass is 16.1. The van der Waals surface area contributed by atoms with Gasteiger partial charge in [-0.15, -0.1) is 0 Å². The molecule has 0 radical (unpaired) electrons. The monoisotopic (exact) mass is 348 g/mol. The van der Waals surface area contributed by atoms with Crippen LogP contribution >= 0.6 is 0 Å². The Kier molecular flexibility index (Phi) is 4.37. The number of fused-ring (bicyclic) bond motifs is 1. The van der Waals surface area contributed by atoms with Gasteiger partial charge in [-0.1, -0.05) is 13.0 Å². The van der Waals surface area contributed by atoms with E-state index in [0.29, 0.717) is 24.0 Å². The van der Waals surface area contributed by atoms with E-state index in [2.05, 4.69) is 52.6 Å². The van der Waals surface area contributed by atoms with Crippen LogP contribution < -0.4 is 10.6 Å². The lowest BCUT2D eigenvalue weighted by Gasteiger charge is -2.08. The summed E-state index contributed by atoms with van der Waals surface area (Å²) in [6.45, 7) is 5.00. The lowest BCUT2D eigenvalue weighted by Crippen LogP contribution is -2.25. The summed E-state index contributed by atoms with van der Waals surface area (Å²) < 4.78 is 0. The van der Waals surface area contributed by atoms with Crippen molar-refractivity contribution in [3.63, 3.8) is 0 Å². The van der Waals surface area contributed by atoms with E-state index >= 15 is 0 Å². The number of hydrogen-bond acceptors (Lipinski definition) is 3. The minimum absolute atomic E-state index is 0.0191. The van der Waals surface area contributed by atoms with Gasteiger partial charge in [-0.2, -0.15) is 0 Å². The van der Waals surface area contributed by atoms with E-state index < -0.39 is 0 Å². The number of anilines is 1. The molecule has 26 heavy (non-hydrogen) atoms. The molecule has 0 atom stereocenters. The van der Waals surface area contributed by atoms with Crippen molar-refractivity contribution >= 4 is 22.6 Å². The Morgan fingerprint density at radius 3 is 2.88 bits per heavy atom. The van der Waals surface area contributed by atoms with Crippen molar-refractivity contribution in [2.75, 3.05) is 5.32 Å². The highest BCUT2D eigenvalue weighted by Crippen LogP contribution is 2.24. The van der Waals surface area contributed by atoms with Gasteiger partial charge in [-0.25, -0.2) is 4.98 Å². The van der Waals surface area contributed by atoms with Crippen molar-refractivity contribution in [1.82, 2.24) is 15.3 Å². The zero-order chi connectivity index (χ0) is 18.1. The number of amides is 1. The summed E-state index contributed by atoms with van der Waals surface area (Å²) in [6, 6.07) is 10.4. The topological polar surface area (TPSA) is 69.8 Å². The largest absolute Gasteiger partial charge is 0.366 e. The van der Waals surface area contributed by atoms with Crippen LogP contribution in [-0.2, 0) is 13.0 Å². The van der Waals surface area contributed by atoms with Crippen LogP contribution in [0.2, 0.25) is 0 Å². The zero-order valence-electron chi connectivity index (χ0n) is 15.2. The molecule has 0 saturated heterocycles. The number of nitrogens with one attached hydrogen (secondary N) is 3. The Bertz CT molecular complexity index is 956. The number of rotatable bonds is 6. The van der Waals surface area contributed by atoms with E-state index in [-0.39, 0.29) is 5.91 Å². The third kappa shape index (κ3) is 3.43. The zero-order valence-corrected chi connectivity index (χ0v) is 15.2. The fourth-order valence-electron chi connectivity index (χ4n) is 3.25. The first kappa shape index (κ1) is 16.6. The number of hydrogen-bond donors (Lipinski definition) is 3. The van der Waals surface area contributed by atoms with Crippen LogP contribution in [0.3, 0.4) is 0 Å². The number of H-pyrrole nitrogens is 1. The molecule has 5 nitrogen and oxygen atoms in total. The summed E-state index contributed by atoms with van der Waals surface area (Å²) in [5.74, 6) is 0.697. The Morgan fingerprint density at radius 2 is 2.12 bits per heavy atom. The first-order chi connectivity index (χ1) is 12.6. The lowest BCUT2D eigenvalue weighted by atomic mass is 10.1. The Balaban J connectivity index is 1.47. The van der Waals surface area contributed by atoms with E-state index in [1.807, 2.05) is 6.07 Å². The molecule has 0 bridgehead atoms. The van der Waals surface area contributed by atoms with Gasteiger partial charge in [0.1, 0.15) is 5.82 Å². The van der Waals surface area contributed by atoms with Crippen LogP contribution in [0.15, 0.2) is 36.5 Å². The van der Waals surface area contributed by atoms with Crippen LogP contribution in [0.4, 0.5) is 5.82 Å². The Morgan fingerprint density at radius 1 is 1.27 bits per heavy atom. The van der Waals surface area contributed by atoms with Gasteiger partial charge in [-0.3, -0.25) is 4.79 Å². The van der Waals surface area contributed by atoms with E-state index in [1.165, 1.54) is 27.7 Å². The number of aryl methyl sites for hydroxylation is 2. The molecule has 1 aliphatic carbocycles. The molecule has 5 heteroatoms. The number of benzene rings is 1. The first-order valence-corrected chi connectivity index (χ1v) is 9.25. The fraction of sp³-hybridized carbons (Fsp3) is 0.333. The molecule has 2 aromatic heterocycles. The molecule has 1 aliphatic rings. The smallest absolute Gasteiger partial charge is 0.251 e. The van der Waals surface area contributed by atoms with Crippen molar-refractivity contribution in [2.24, 2.45) is 0 Å². The van der Waals surface area contributed by atoms with Crippen molar-refractivity contribution in [1.29, 1.82) is 0 Å². The molecule has 1 saturated carbocycles. The molecule has 1 aromatic carbocycles. The lowest BCUT2D eigenvalue weighted by molar-refractivity contribution is 0.0951. The SMILES string of the molecule is CCc1[nH]c2ccc(CNc3cc(C(=O)NC4CC4)ccn3)cc2c1C. The minimum atomic E-state index is -0.0191. The van der Waals surface area contributed by atoms with Crippen LogP contribution in [0.5, 0.6) is 0 Å². The molecular weight excluding hydrogens is 324 g/mol. The molecule has 134 valence electrons. The van der Waals surface area contributed by atoms with Gasteiger partial charge in [0.05, 0.1) is 0 Å². The number of carbonyl (C=O) groups excluding carboxylic acids is 1. The summed E-state index contributed by atoms with van der Waals surface area (Å²) in [4.78, 5) is 20.0. The minimum Gasteiger partial charge on any atom is -0.366 e. The van der Waals surface area contributed by atoms with E-state index in [1.54, 1.807) is 12.3 Å². The van der Waals surface area contributed by atoms with Gasteiger partial charge in [-0.05, 0) is 61.6 Å². The summed E-state index contributed by atoms with van der Waals surface area (Å²) in [6.07, 6.45) is 4.86. The van der Waals surface area contributed by atoms with Crippen molar-refractivity contribution in [3.05, 3.63) is 58.9 Å². The predicted molar refractivity (Wildman–Crippen MR) is 104 cm³/mol. The average molecular weight is 348 g/mol. The maximum absolute atomic E-state index is 12.2. The number of aromatic amines is 1. The van der Waals surface area contributed by atoms with E-state index in [0.717, 1.165) is 19.3 Å². The molecule has 3 aromatic rings. The van der Waals surface area contributed by atoms with Gasteiger partial charge in [0.15, 0.2) is 0 Å². The number of aromatic nitrogens is 2. The van der Waals surface area contributed by atoms with E-state index in [4.69, 9.17) is 0 Å². The normalized spacial score (nSPS) is 13.8. The summed E-state index contributed by atoms with van der Waals surface area (Å²) in [5, 5.41) is 7.61. The number of carbonyl (C=O) groups is 1. The van der Waals surface area contributed by atoms with Crippen LogP contribution in [-0.4, -0.2) is 21.9 Å². The molecule has 0 unspecified atom stereocenters. The molecule has 2 heterocycles. The van der Waals surface area contributed by atoms with Crippen LogP contribution in [0, 0.1) is 6.92 Å². The molecule has 0 aliphatic heterocycles. The second-order valence-corrected chi connectivity index (χ2v) is 6.99. The van der Waals surface area contributed by atoms with Gasteiger partial charge in [0.2, 0.25) is 0 Å². The predicted octanol–water partition coefficient (Wildman–Crippen LogP) is 3.94. The number of nitrogens with zero attached hydrogens (tertiary/aromatic N) is 1. The number of pyridine rings is 1. The standard InChI is InChI=1S/C21H24N4O/c1-3-18-13(2)17-10-14(4-7-19(17)25-18)12-23-20-11-15(8-9-22-20)21(26)24-16-5-6-16/h4,7-11,16,25H,3,5-6,12H2,1-2H3,(H,22,23)(H,24,26). The molecule has 0 spiro atoms. The molecule has 1 amide bonds.